The Morgan fingerprint density at radius 1 is 0.929 bits per heavy atom. The van der Waals surface area contributed by atoms with Crippen LogP contribution >= 0.6 is 0 Å². The van der Waals surface area contributed by atoms with E-state index in [9.17, 15) is 0 Å². The molecule has 0 heterocycles. The summed E-state index contributed by atoms with van der Waals surface area (Å²) in [4.78, 5) is 0. The lowest BCUT2D eigenvalue weighted by Crippen LogP contribution is -2.20. The fourth-order valence-corrected chi connectivity index (χ4v) is 0.451. The minimum atomic E-state index is -0.333. The summed E-state index contributed by atoms with van der Waals surface area (Å²) in [5.74, 6) is -0.333. The van der Waals surface area contributed by atoms with Crippen LogP contribution in [0, 0.1) is 5.41 Å². The molecule has 0 aromatic carbocycles. The van der Waals surface area contributed by atoms with Crippen LogP contribution in [0.3, 0.4) is 0 Å². The van der Waals surface area contributed by atoms with Gasteiger partial charge in [-0.3, -0.25) is 5.41 Å². The second kappa shape index (κ2) is 14.6. The molecule has 0 aromatic rings. The fourth-order valence-electron chi connectivity index (χ4n) is 0.451. The topological polar surface area (TPSA) is 135 Å². The Hall–Kier alpha value is -0.890. The Morgan fingerprint density at radius 2 is 1.21 bits per heavy atom. The SMILES string of the molecule is N=C(N)N.OCCOCCOCCO. The summed E-state index contributed by atoms with van der Waals surface area (Å²) >= 11 is 0. The van der Waals surface area contributed by atoms with Crippen molar-refractivity contribution >= 4 is 5.96 Å². The monoisotopic (exact) mass is 209 g/mol. The van der Waals surface area contributed by atoms with E-state index < -0.39 is 0 Å². The quantitative estimate of drug-likeness (QED) is 0.184. The molecule has 0 spiro atoms. The Balaban J connectivity index is 0. The van der Waals surface area contributed by atoms with E-state index in [0.29, 0.717) is 26.4 Å². The molecule has 0 saturated carbocycles. The number of aliphatic hydroxyl groups is 2. The molecular formula is C7H19N3O4. The fraction of sp³-hybridized carbons (Fsp3) is 0.857. The number of nitrogens with one attached hydrogen (secondary N) is 1. The van der Waals surface area contributed by atoms with Gasteiger partial charge in [-0.25, -0.2) is 0 Å². The maximum Gasteiger partial charge on any atom is 0.183 e. The molecule has 0 rings (SSSR count). The Bertz CT molecular complexity index is 112. The third kappa shape index (κ3) is 30.4. The van der Waals surface area contributed by atoms with Crippen LogP contribution in [0.2, 0.25) is 0 Å². The molecule has 7 heteroatoms. The van der Waals surface area contributed by atoms with E-state index in [2.05, 4.69) is 11.5 Å². The van der Waals surface area contributed by atoms with Gasteiger partial charge >= 0.3 is 0 Å². The zero-order valence-corrected chi connectivity index (χ0v) is 8.11. The molecule has 0 atom stereocenters. The highest BCUT2D eigenvalue weighted by molar-refractivity contribution is 5.71. The molecule has 0 aromatic heterocycles. The van der Waals surface area contributed by atoms with Crippen LogP contribution in [-0.2, 0) is 9.47 Å². The molecule has 0 fully saturated rings. The minimum absolute atomic E-state index is 0.0417. The van der Waals surface area contributed by atoms with Crippen molar-refractivity contribution in [2.45, 2.75) is 0 Å². The number of rotatable bonds is 7. The van der Waals surface area contributed by atoms with Crippen LogP contribution in [0.4, 0.5) is 0 Å². The first-order chi connectivity index (χ1) is 6.65. The maximum atomic E-state index is 8.26. The van der Waals surface area contributed by atoms with Crippen molar-refractivity contribution < 1.29 is 19.7 Å². The summed E-state index contributed by atoms with van der Waals surface area (Å²) < 4.78 is 9.75. The minimum Gasteiger partial charge on any atom is -0.394 e. The predicted molar refractivity (Wildman–Crippen MR) is 51.9 cm³/mol. The van der Waals surface area contributed by atoms with E-state index in [-0.39, 0.29) is 19.2 Å². The molecule has 7 nitrogen and oxygen atoms in total. The van der Waals surface area contributed by atoms with E-state index in [0.717, 1.165) is 0 Å². The van der Waals surface area contributed by atoms with Crippen LogP contribution < -0.4 is 11.5 Å². The van der Waals surface area contributed by atoms with Gasteiger partial charge in [-0.15, -0.1) is 0 Å². The van der Waals surface area contributed by atoms with Crippen molar-refractivity contribution in [1.82, 2.24) is 0 Å². The predicted octanol–water partition coefficient (Wildman–Crippen LogP) is -2.16. The molecule has 0 aliphatic carbocycles. The zero-order chi connectivity index (χ0) is 11.2. The van der Waals surface area contributed by atoms with Crippen molar-refractivity contribution in [2.24, 2.45) is 11.5 Å². The van der Waals surface area contributed by atoms with Crippen LogP contribution in [0.15, 0.2) is 0 Å². The van der Waals surface area contributed by atoms with Crippen molar-refractivity contribution in [1.29, 1.82) is 5.41 Å². The van der Waals surface area contributed by atoms with E-state index in [1.807, 2.05) is 0 Å². The zero-order valence-electron chi connectivity index (χ0n) is 8.11. The molecule has 14 heavy (non-hydrogen) atoms. The Morgan fingerprint density at radius 3 is 1.43 bits per heavy atom. The molecule has 0 radical (unpaired) electrons. The smallest absolute Gasteiger partial charge is 0.183 e. The maximum absolute atomic E-state index is 8.26. The summed E-state index contributed by atoms with van der Waals surface area (Å²) in [6.45, 7) is 1.73. The van der Waals surface area contributed by atoms with Gasteiger partial charge < -0.3 is 31.2 Å². The van der Waals surface area contributed by atoms with E-state index in [1.165, 1.54) is 0 Å². The summed E-state index contributed by atoms with van der Waals surface area (Å²) in [5.41, 5.74) is 8.94. The van der Waals surface area contributed by atoms with Crippen molar-refractivity contribution in [2.75, 3.05) is 39.6 Å². The van der Waals surface area contributed by atoms with Crippen LogP contribution in [-0.4, -0.2) is 55.8 Å². The number of hydrogen-bond donors (Lipinski definition) is 5. The molecule has 7 N–H and O–H groups in total. The van der Waals surface area contributed by atoms with Crippen LogP contribution in [0.5, 0.6) is 0 Å². The molecule has 0 amide bonds. The van der Waals surface area contributed by atoms with Gasteiger partial charge in [0.05, 0.1) is 39.6 Å². The molecule has 0 saturated heterocycles. The molecular weight excluding hydrogens is 190 g/mol. The van der Waals surface area contributed by atoms with Gasteiger partial charge in [-0.1, -0.05) is 0 Å². The van der Waals surface area contributed by atoms with Gasteiger partial charge in [-0.05, 0) is 0 Å². The highest BCUT2D eigenvalue weighted by Gasteiger charge is 1.86. The first-order valence-corrected chi connectivity index (χ1v) is 4.11. The van der Waals surface area contributed by atoms with Crippen molar-refractivity contribution in [3.05, 3.63) is 0 Å². The van der Waals surface area contributed by atoms with Gasteiger partial charge in [0, 0.05) is 0 Å². The number of nitrogens with two attached hydrogens (primary N) is 2. The van der Waals surface area contributed by atoms with Crippen LogP contribution in [0.25, 0.3) is 0 Å². The first kappa shape index (κ1) is 15.6. The van der Waals surface area contributed by atoms with Gasteiger partial charge in [0.1, 0.15) is 0 Å². The second-order valence-corrected chi connectivity index (χ2v) is 2.13. The third-order valence-corrected chi connectivity index (χ3v) is 0.843. The van der Waals surface area contributed by atoms with E-state index in [4.69, 9.17) is 25.1 Å². The Kier molecular flexibility index (Phi) is 16.3. The molecule has 0 aliphatic heterocycles. The average molecular weight is 209 g/mol. The van der Waals surface area contributed by atoms with E-state index in [1.54, 1.807) is 0 Å². The van der Waals surface area contributed by atoms with Crippen molar-refractivity contribution in [3.8, 4) is 0 Å². The van der Waals surface area contributed by atoms with Crippen molar-refractivity contribution in [3.63, 3.8) is 0 Å². The summed E-state index contributed by atoms with van der Waals surface area (Å²) in [6.07, 6.45) is 0. The highest BCUT2D eigenvalue weighted by Crippen LogP contribution is 1.76. The Labute approximate surface area is 83.1 Å². The number of guanidine groups is 1. The second-order valence-electron chi connectivity index (χ2n) is 2.13. The molecule has 86 valence electrons. The lowest BCUT2D eigenvalue weighted by molar-refractivity contribution is 0.0222. The lowest BCUT2D eigenvalue weighted by Gasteiger charge is -2.01. The first-order valence-electron chi connectivity index (χ1n) is 4.11. The standard InChI is InChI=1S/C6H14O4.CH5N3/c7-1-3-9-5-6-10-4-2-8;2-1(3)4/h7-8H,1-6H2;(H5,2,3,4). The van der Waals surface area contributed by atoms with Gasteiger partial charge in [-0.2, -0.15) is 0 Å². The number of ether oxygens (including phenoxy) is 2. The molecule has 0 aliphatic rings. The average Bonchev–Trinajstić information content (AvgIpc) is 2.10. The van der Waals surface area contributed by atoms with E-state index >= 15 is 0 Å². The largest absolute Gasteiger partial charge is 0.394 e. The van der Waals surface area contributed by atoms with Gasteiger partial charge in [0.25, 0.3) is 0 Å². The highest BCUT2D eigenvalue weighted by atomic mass is 16.5. The molecule has 0 bridgehead atoms. The van der Waals surface area contributed by atoms with Gasteiger partial charge in [0.15, 0.2) is 5.96 Å². The molecule has 0 unspecified atom stereocenters. The summed E-state index contributed by atoms with van der Waals surface area (Å²) in [7, 11) is 0. The van der Waals surface area contributed by atoms with Gasteiger partial charge in [0.2, 0.25) is 0 Å². The third-order valence-electron chi connectivity index (χ3n) is 0.843. The normalized spacial score (nSPS) is 9.00. The summed E-state index contributed by atoms with van der Waals surface area (Å²) in [5, 5.41) is 22.6. The van der Waals surface area contributed by atoms with Crippen LogP contribution in [0.1, 0.15) is 0 Å². The lowest BCUT2D eigenvalue weighted by atomic mass is 10.7. The number of hydrogen-bond acceptors (Lipinski definition) is 5. The number of aliphatic hydroxyl groups excluding tert-OH is 2. The summed E-state index contributed by atoms with van der Waals surface area (Å²) in [6, 6.07) is 0.